The minimum absolute atomic E-state index is 0.0997. The molecule has 4 aliphatic carbocycles. The van der Waals surface area contributed by atoms with E-state index in [2.05, 4.69) is 27.4 Å². The molecule has 1 aromatic heterocycles. The first-order chi connectivity index (χ1) is 13.7. The number of rotatable bonds is 7. The van der Waals surface area contributed by atoms with Gasteiger partial charge in [-0.25, -0.2) is 0 Å². The number of aryl methyl sites for hydroxylation is 1. The fourth-order valence-corrected chi connectivity index (χ4v) is 8.26. The number of hydrogen-bond acceptors (Lipinski definition) is 4. The van der Waals surface area contributed by atoms with E-state index in [4.69, 9.17) is 9.47 Å². The van der Waals surface area contributed by atoms with Crippen molar-refractivity contribution in [3.63, 3.8) is 0 Å². The molecule has 1 aromatic rings. The van der Waals surface area contributed by atoms with Crippen LogP contribution in [0.1, 0.15) is 73.2 Å². The van der Waals surface area contributed by atoms with Crippen molar-refractivity contribution in [1.29, 1.82) is 0 Å². The number of methoxy groups -OCH3 is 1. The van der Waals surface area contributed by atoms with Crippen LogP contribution in [-0.4, -0.2) is 41.0 Å². The highest BCUT2D eigenvalue weighted by Crippen LogP contribution is 2.64. The molecule has 3 unspecified atom stereocenters. The third-order valence-electron chi connectivity index (χ3n) is 7.39. The van der Waals surface area contributed by atoms with Gasteiger partial charge in [0.05, 0.1) is 18.1 Å². The molecule has 4 bridgehead atoms. The summed E-state index contributed by atoms with van der Waals surface area (Å²) in [7, 11) is 1.68. The lowest BCUT2D eigenvalue weighted by Gasteiger charge is -2.58. The summed E-state index contributed by atoms with van der Waals surface area (Å²) in [5.41, 5.74) is 2.17. The molecule has 29 heavy (non-hydrogen) atoms. The number of hydrogen-bond donors (Lipinski definition) is 0. The van der Waals surface area contributed by atoms with E-state index in [1.165, 1.54) is 19.3 Å². The molecule has 4 saturated carbocycles. The summed E-state index contributed by atoms with van der Waals surface area (Å²) >= 11 is 3.94. The number of Topliss-reactive ketones (excluding diaryl/α,β-unsaturated/α-hetero) is 1. The van der Waals surface area contributed by atoms with E-state index in [0.29, 0.717) is 24.0 Å². The first-order valence-electron chi connectivity index (χ1n) is 10.7. The molecule has 5 nitrogen and oxygen atoms in total. The fraction of sp³-hybridized carbons (Fsp3) is 0.739. The summed E-state index contributed by atoms with van der Waals surface area (Å²) in [5.74, 6) is 0.936. The SMILES string of the molecule is COCC(C)n1c(C)cc(C(=O)COC(=O)C23CC4CC(CC(Br)(C4)C2)C3)c1C. The Bertz CT molecular complexity index is 815. The maximum Gasteiger partial charge on any atom is 0.312 e. The van der Waals surface area contributed by atoms with Gasteiger partial charge in [0.25, 0.3) is 0 Å². The zero-order valence-corrected chi connectivity index (χ0v) is 19.5. The quantitative estimate of drug-likeness (QED) is 0.330. The van der Waals surface area contributed by atoms with Crippen LogP contribution < -0.4 is 0 Å². The Morgan fingerprint density at radius 1 is 1.24 bits per heavy atom. The molecule has 4 aliphatic rings. The summed E-state index contributed by atoms with van der Waals surface area (Å²) in [5, 5.41) is 0. The molecule has 0 aliphatic heterocycles. The second-order valence-corrected chi connectivity index (χ2v) is 11.5. The van der Waals surface area contributed by atoms with Crippen LogP contribution in [0.5, 0.6) is 0 Å². The Morgan fingerprint density at radius 3 is 2.48 bits per heavy atom. The molecule has 0 amide bonds. The van der Waals surface area contributed by atoms with Gasteiger partial charge in [0, 0.05) is 28.4 Å². The molecular weight excluding hydrogens is 434 g/mol. The van der Waals surface area contributed by atoms with Crippen molar-refractivity contribution in [2.75, 3.05) is 20.3 Å². The number of ketones is 1. The number of carbonyl (C=O) groups excluding carboxylic acids is 2. The monoisotopic (exact) mass is 465 g/mol. The first-order valence-corrected chi connectivity index (χ1v) is 11.5. The Kier molecular flexibility index (Phi) is 5.48. The number of carbonyl (C=O) groups is 2. The molecule has 0 spiro atoms. The summed E-state index contributed by atoms with van der Waals surface area (Å²) in [6.07, 6.45) is 6.28. The minimum atomic E-state index is -0.391. The van der Waals surface area contributed by atoms with Crippen molar-refractivity contribution in [1.82, 2.24) is 4.57 Å². The molecule has 6 heteroatoms. The number of alkyl halides is 1. The van der Waals surface area contributed by atoms with E-state index < -0.39 is 5.41 Å². The Morgan fingerprint density at radius 2 is 1.90 bits per heavy atom. The van der Waals surface area contributed by atoms with Gasteiger partial charge in [-0.05, 0) is 77.2 Å². The van der Waals surface area contributed by atoms with Crippen LogP contribution in [0.4, 0.5) is 0 Å². The lowest BCUT2D eigenvalue weighted by atomic mass is 9.49. The lowest BCUT2D eigenvalue weighted by Crippen LogP contribution is -2.56. The van der Waals surface area contributed by atoms with Gasteiger partial charge in [0.15, 0.2) is 6.61 Å². The Balaban J connectivity index is 1.44. The highest BCUT2D eigenvalue weighted by Gasteiger charge is 2.60. The van der Waals surface area contributed by atoms with Gasteiger partial charge in [-0.3, -0.25) is 9.59 Å². The van der Waals surface area contributed by atoms with Gasteiger partial charge in [-0.2, -0.15) is 0 Å². The van der Waals surface area contributed by atoms with Crippen LogP contribution >= 0.6 is 15.9 Å². The molecule has 160 valence electrons. The Hall–Kier alpha value is -1.14. The van der Waals surface area contributed by atoms with Crippen molar-refractivity contribution >= 4 is 27.7 Å². The van der Waals surface area contributed by atoms with Crippen molar-refractivity contribution in [2.24, 2.45) is 17.3 Å². The number of aromatic nitrogens is 1. The molecular formula is C23H32BrNO4. The van der Waals surface area contributed by atoms with Crippen LogP contribution in [0.25, 0.3) is 0 Å². The highest BCUT2D eigenvalue weighted by molar-refractivity contribution is 9.10. The van der Waals surface area contributed by atoms with Crippen LogP contribution in [0.15, 0.2) is 6.07 Å². The minimum Gasteiger partial charge on any atom is -0.457 e. The molecule has 1 heterocycles. The largest absolute Gasteiger partial charge is 0.457 e. The van der Waals surface area contributed by atoms with Gasteiger partial charge < -0.3 is 14.0 Å². The van der Waals surface area contributed by atoms with Crippen molar-refractivity contribution in [3.05, 3.63) is 23.0 Å². The third-order valence-corrected chi connectivity index (χ3v) is 8.32. The standard InChI is InChI=1S/C23H32BrNO4/c1-14-5-19(16(3)25(14)15(2)11-28-4)20(26)12-29-21(27)22-7-17-6-18(8-22)10-23(24,9-17)13-22/h5,15,17-18H,6-13H2,1-4H3. The molecule has 0 radical (unpaired) electrons. The molecule has 4 fully saturated rings. The van der Waals surface area contributed by atoms with Crippen LogP contribution in [0, 0.1) is 31.1 Å². The summed E-state index contributed by atoms with van der Waals surface area (Å²) in [4.78, 5) is 26.0. The number of ether oxygens (including phenoxy) is 2. The predicted molar refractivity (Wildman–Crippen MR) is 115 cm³/mol. The van der Waals surface area contributed by atoms with Gasteiger partial charge >= 0.3 is 5.97 Å². The zero-order valence-electron chi connectivity index (χ0n) is 17.9. The van der Waals surface area contributed by atoms with E-state index in [1.54, 1.807) is 7.11 Å². The van der Waals surface area contributed by atoms with Gasteiger partial charge in [-0.1, -0.05) is 15.9 Å². The number of esters is 1. The maximum absolute atomic E-state index is 13.1. The van der Waals surface area contributed by atoms with E-state index >= 15 is 0 Å². The predicted octanol–water partition coefficient (Wildman–Crippen LogP) is 4.77. The third kappa shape index (κ3) is 3.71. The van der Waals surface area contributed by atoms with Crippen molar-refractivity contribution in [3.8, 4) is 0 Å². The van der Waals surface area contributed by atoms with Crippen LogP contribution in [0.3, 0.4) is 0 Å². The second kappa shape index (κ2) is 7.52. The van der Waals surface area contributed by atoms with Gasteiger partial charge in [-0.15, -0.1) is 0 Å². The fourth-order valence-electron chi connectivity index (χ4n) is 6.80. The van der Waals surface area contributed by atoms with E-state index in [-0.39, 0.29) is 28.7 Å². The van der Waals surface area contributed by atoms with Crippen molar-refractivity contribution in [2.45, 2.75) is 69.7 Å². The summed E-state index contributed by atoms with van der Waals surface area (Å²) in [6.45, 7) is 6.42. The van der Waals surface area contributed by atoms with Gasteiger partial charge in [0.2, 0.25) is 5.78 Å². The Labute approximate surface area is 181 Å². The summed E-state index contributed by atoms with van der Waals surface area (Å²) in [6, 6.07) is 2.04. The molecule has 0 aromatic carbocycles. The van der Waals surface area contributed by atoms with E-state index in [1.807, 2.05) is 19.9 Å². The maximum atomic E-state index is 13.1. The smallest absolute Gasteiger partial charge is 0.312 e. The average molecular weight is 466 g/mol. The number of halogens is 1. The zero-order chi connectivity index (χ0) is 21.0. The second-order valence-electron chi connectivity index (χ2n) is 9.85. The highest BCUT2D eigenvalue weighted by atomic mass is 79.9. The van der Waals surface area contributed by atoms with Crippen LogP contribution in [-0.2, 0) is 14.3 Å². The average Bonchev–Trinajstić information content (AvgIpc) is 2.92. The molecule has 5 rings (SSSR count). The normalized spacial score (nSPS) is 33.7. The summed E-state index contributed by atoms with van der Waals surface area (Å²) < 4.78 is 13.1. The van der Waals surface area contributed by atoms with Gasteiger partial charge in [0.1, 0.15) is 0 Å². The topological polar surface area (TPSA) is 57.5 Å². The van der Waals surface area contributed by atoms with E-state index in [9.17, 15) is 9.59 Å². The van der Waals surface area contributed by atoms with E-state index in [0.717, 1.165) is 30.7 Å². The molecule has 0 N–H and O–H groups in total. The first kappa shape index (κ1) is 21.1. The number of nitrogens with zero attached hydrogens (tertiary/aromatic N) is 1. The molecule has 3 atom stereocenters. The lowest BCUT2D eigenvalue weighted by molar-refractivity contribution is -0.168. The van der Waals surface area contributed by atoms with Crippen LogP contribution in [0.2, 0.25) is 0 Å². The molecule has 0 saturated heterocycles. The van der Waals surface area contributed by atoms with Crippen molar-refractivity contribution < 1.29 is 19.1 Å².